The van der Waals surface area contributed by atoms with Gasteiger partial charge in [0, 0.05) is 24.1 Å². The zero-order chi connectivity index (χ0) is 13.8. The second-order valence-corrected chi connectivity index (χ2v) is 4.31. The normalized spacial score (nSPS) is 10.9. The minimum atomic E-state index is -0.343. The first-order chi connectivity index (χ1) is 9.15. The monoisotopic (exact) mass is 262 g/mol. The maximum absolute atomic E-state index is 11.4. The minimum Gasteiger partial charge on any atom is -0.467 e. The van der Waals surface area contributed by atoms with E-state index >= 15 is 0 Å². The lowest BCUT2D eigenvalue weighted by Crippen LogP contribution is -2.05. The molecule has 0 saturated carbocycles. The van der Waals surface area contributed by atoms with E-state index in [1.165, 1.54) is 6.07 Å². The van der Waals surface area contributed by atoms with Gasteiger partial charge in [-0.2, -0.15) is 0 Å². The summed E-state index contributed by atoms with van der Waals surface area (Å²) in [6.07, 6.45) is 0.843. The van der Waals surface area contributed by atoms with Crippen molar-refractivity contribution in [3.8, 4) is 5.75 Å². The Hall–Kier alpha value is -1.81. The molecule has 4 nitrogen and oxygen atoms in total. The number of fused-ring (bicyclic) bond motifs is 1. The van der Waals surface area contributed by atoms with Crippen molar-refractivity contribution in [1.29, 1.82) is 0 Å². The molecule has 0 radical (unpaired) electrons. The van der Waals surface area contributed by atoms with E-state index in [1.807, 2.05) is 19.9 Å². The molecule has 0 aliphatic rings. The van der Waals surface area contributed by atoms with Crippen molar-refractivity contribution in [2.75, 3.05) is 13.4 Å². The topological polar surface area (TPSA) is 48.7 Å². The summed E-state index contributed by atoms with van der Waals surface area (Å²) < 4.78 is 16.0. The molecule has 1 heterocycles. The van der Waals surface area contributed by atoms with Crippen LogP contribution in [-0.2, 0) is 11.2 Å². The van der Waals surface area contributed by atoms with Crippen LogP contribution in [0.1, 0.15) is 25.0 Å². The Morgan fingerprint density at radius 3 is 2.68 bits per heavy atom. The van der Waals surface area contributed by atoms with Gasteiger partial charge in [0.15, 0.2) is 6.79 Å². The van der Waals surface area contributed by atoms with E-state index in [-0.39, 0.29) is 12.4 Å². The molecule has 19 heavy (non-hydrogen) atoms. The lowest BCUT2D eigenvalue weighted by molar-refractivity contribution is 0.0219. The lowest BCUT2D eigenvalue weighted by atomic mass is 10.1. The number of hydrogen-bond acceptors (Lipinski definition) is 4. The van der Waals surface area contributed by atoms with E-state index in [2.05, 4.69) is 6.92 Å². The first-order valence-corrected chi connectivity index (χ1v) is 6.43. The Morgan fingerprint density at radius 2 is 2.00 bits per heavy atom. The highest BCUT2D eigenvalue weighted by atomic mass is 16.7. The zero-order valence-corrected chi connectivity index (χ0v) is 11.5. The zero-order valence-electron chi connectivity index (χ0n) is 11.5. The number of aryl methyl sites for hydroxylation is 2. The fourth-order valence-corrected chi connectivity index (χ4v) is 1.99. The van der Waals surface area contributed by atoms with Gasteiger partial charge < -0.3 is 13.9 Å². The second-order valence-electron chi connectivity index (χ2n) is 4.31. The van der Waals surface area contributed by atoms with E-state index in [9.17, 15) is 4.79 Å². The van der Waals surface area contributed by atoms with Crippen LogP contribution in [0.5, 0.6) is 5.75 Å². The molecule has 4 heteroatoms. The van der Waals surface area contributed by atoms with E-state index in [0.717, 1.165) is 22.9 Å². The van der Waals surface area contributed by atoms with Gasteiger partial charge in [0.2, 0.25) is 0 Å². The Kier molecular flexibility index (Phi) is 4.22. The summed E-state index contributed by atoms with van der Waals surface area (Å²) in [7, 11) is 0. The maximum Gasteiger partial charge on any atom is 0.336 e. The molecule has 0 spiro atoms. The van der Waals surface area contributed by atoms with E-state index < -0.39 is 0 Å². The van der Waals surface area contributed by atoms with Crippen molar-refractivity contribution in [3.63, 3.8) is 0 Å². The number of hydrogen-bond donors (Lipinski definition) is 0. The smallest absolute Gasteiger partial charge is 0.336 e. The van der Waals surface area contributed by atoms with Gasteiger partial charge in [0.1, 0.15) is 11.3 Å². The summed E-state index contributed by atoms with van der Waals surface area (Å²) in [4.78, 5) is 11.4. The molecular formula is C15H18O4. The van der Waals surface area contributed by atoms with Crippen LogP contribution in [-0.4, -0.2) is 13.4 Å². The van der Waals surface area contributed by atoms with Crippen molar-refractivity contribution in [2.24, 2.45) is 0 Å². The summed E-state index contributed by atoms with van der Waals surface area (Å²) in [5, 5.41) is 0.945. The lowest BCUT2D eigenvalue weighted by Gasteiger charge is -2.12. The van der Waals surface area contributed by atoms with E-state index in [4.69, 9.17) is 13.9 Å². The van der Waals surface area contributed by atoms with Gasteiger partial charge in [-0.15, -0.1) is 0 Å². The highest BCUT2D eigenvalue weighted by Crippen LogP contribution is 2.27. The molecule has 0 aliphatic heterocycles. The Labute approximate surface area is 111 Å². The first kappa shape index (κ1) is 13.6. The number of rotatable bonds is 5. The molecule has 1 aromatic heterocycles. The minimum absolute atomic E-state index is 0.199. The molecule has 0 fully saturated rings. The highest BCUT2D eigenvalue weighted by Gasteiger charge is 2.09. The molecule has 2 rings (SSSR count). The van der Waals surface area contributed by atoms with Crippen LogP contribution >= 0.6 is 0 Å². The van der Waals surface area contributed by atoms with Gasteiger partial charge in [-0.25, -0.2) is 4.79 Å². The molecule has 0 bridgehead atoms. The first-order valence-electron chi connectivity index (χ1n) is 6.43. The van der Waals surface area contributed by atoms with Crippen LogP contribution in [0.3, 0.4) is 0 Å². The third-order valence-corrected chi connectivity index (χ3v) is 3.02. The fourth-order valence-electron chi connectivity index (χ4n) is 1.99. The van der Waals surface area contributed by atoms with Crippen LogP contribution < -0.4 is 10.4 Å². The molecule has 0 atom stereocenters. The van der Waals surface area contributed by atoms with E-state index in [1.54, 1.807) is 6.07 Å². The van der Waals surface area contributed by atoms with Crippen molar-refractivity contribution >= 4 is 11.0 Å². The van der Waals surface area contributed by atoms with Crippen molar-refractivity contribution in [2.45, 2.75) is 27.2 Å². The van der Waals surface area contributed by atoms with Gasteiger partial charge in [-0.1, -0.05) is 6.92 Å². The fraction of sp³-hybridized carbons (Fsp3) is 0.400. The average molecular weight is 262 g/mol. The van der Waals surface area contributed by atoms with Crippen LogP contribution in [0.15, 0.2) is 27.4 Å². The largest absolute Gasteiger partial charge is 0.467 e. The Bertz CT molecular complexity index is 628. The predicted molar refractivity (Wildman–Crippen MR) is 73.7 cm³/mol. The Balaban J connectivity index is 2.48. The summed E-state index contributed by atoms with van der Waals surface area (Å²) in [6.45, 7) is 6.67. The van der Waals surface area contributed by atoms with Crippen LogP contribution in [0.2, 0.25) is 0 Å². The van der Waals surface area contributed by atoms with Crippen LogP contribution in [0.4, 0.5) is 0 Å². The van der Waals surface area contributed by atoms with Gasteiger partial charge in [-0.05, 0) is 37.5 Å². The molecule has 0 aliphatic carbocycles. The van der Waals surface area contributed by atoms with Gasteiger partial charge >= 0.3 is 5.63 Å². The average Bonchev–Trinajstić information content (AvgIpc) is 2.38. The van der Waals surface area contributed by atoms with Crippen molar-refractivity contribution < 1.29 is 13.9 Å². The quantitative estimate of drug-likeness (QED) is 0.472. The van der Waals surface area contributed by atoms with Gasteiger partial charge in [0.05, 0.1) is 0 Å². The predicted octanol–water partition coefficient (Wildman–Crippen LogP) is 3.04. The molecule has 102 valence electrons. The third-order valence-electron chi connectivity index (χ3n) is 3.02. The summed E-state index contributed by atoms with van der Waals surface area (Å²) in [5.74, 6) is 0.706. The van der Waals surface area contributed by atoms with Crippen molar-refractivity contribution in [1.82, 2.24) is 0 Å². The van der Waals surface area contributed by atoms with Crippen LogP contribution in [0, 0.1) is 6.92 Å². The van der Waals surface area contributed by atoms with Crippen molar-refractivity contribution in [3.05, 3.63) is 39.7 Å². The summed E-state index contributed by atoms with van der Waals surface area (Å²) in [5.41, 5.74) is 2.19. The molecule has 0 unspecified atom stereocenters. The molecule has 2 aromatic rings. The number of ether oxygens (including phenoxy) is 2. The van der Waals surface area contributed by atoms with Crippen LogP contribution in [0.25, 0.3) is 11.0 Å². The summed E-state index contributed by atoms with van der Waals surface area (Å²) >= 11 is 0. The Morgan fingerprint density at radius 1 is 1.21 bits per heavy atom. The third kappa shape index (κ3) is 2.96. The molecule has 0 N–H and O–H groups in total. The van der Waals surface area contributed by atoms with E-state index in [0.29, 0.717) is 17.9 Å². The highest BCUT2D eigenvalue weighted by molar-refractivity contribution is 5.82. The second kappa shape index (κ2) is 5.89. The molecule has 1 aromatic carbocycles. The SMILES string of the molecule is CCOCOc1cc2oc(=O)cc(C)c2cc1CC. The van der Waals surface area contributed by atoms with Gasteiger partial charge in [-0.3, -0.25) is 0 Å². The van der Waals surface area contributed by atoms with Gasteiger partial charge in [0.25, 0.3) is 0 Å². The standard InChI is InChI=1S/C15H18O4/c1-4-11-7-12-10(3)6-15(16)19-14(12)8-13(11)18-9-17-5-2/h6-8H,4-5,9H2,1-3H3. The molecule has 0 amide bonds. The maximum atomic E-state index is 11.4. The molecular weight excluding hydrogens is 244 g/mol. The molecule has 0 saturated heterocycles. The number of benzene rings is 1. The summed E-state index contributed by atoms with van der Waals surface area (Å²) in [6, 6.07) is 5.28.